The third kappa shape index (κ3) is 1.71. The second-order valence-electron chi connectivity index (χ2n) is 4.58. The number of aromatic nitrogens is 2. The molecule has 0 amide bonds. The Morgan fingerprint density at radius 3 is 2.75 bits per heavy atom. The van der Waals surface area contributed by atoms with Gasteiger partial charge < -0.3 is 0 Å². The fourth-order valence-corrected chi connectivity index (χ4v) is 2.80. The van der Waals surface area contributed by atoms with Crippen LogP contribution in [0.3, 0.4) is 0 Å². The van der Waals surface area contributed by atoms with Crippen molar-refractivity contribution in [3.05, 3.63) is 35.2 Å². The zero-order valence-corrected chi connectivity index (χ0v) is 9.95. The third-order valence-corrected chi connectivity index (χ3v) is 3.79. The molecule has 1 aliphatic rings. The molecule has 2 nitrogen and oxygen atoms in total. The predicted octanol–water partition coefficient (Wildman–Crippen LogP) is 4.04. The van der Waals surface area contributed by atoms with Crippen LogP contribution in [0.2, 0.25) is 5.15 Å². The van der Waals surface area contributed by atoms with E-state index in [0.29, 0.717) is 5.92 Å². The van der Waals surface area contributed by atoms with Crippen molar-refractivity contribution >= 4 is 17.2 Å². The van der Waals surface area contributed by atoms with E-state index in [0.717, 1.165) is 10.8 Å². The molecule has 1 aliphatic carbocycles. The van der Waals surface area contributed by atoms with Crippen molar-refractivity contribution in [2.75, 3.05) is 0 Å². The highest BCUT2D eigenvalue weighted by atomic mass is 35.5. The van der Waals surface area contributed by atoms with E-state index in [4.69, 9.17) is 11.6 Å². The first kappa shape index (κ1) is 10.2. The Morgan fingerprint density at radius 1 is 1.19 bits per heavy atom. The first-order chi connectivity index (χ1) is 7.84. The SMILES string of the molecule is Clc1cccc2nc(C3CCCCC3)cn12. The lowest BCUT2D eigenvalue weighted by Gasteiger charge is -2.19. The molecule has 2 aromatic heterocycles. The molecule has 0 aromatic carbocycles. The standard InChI is InChI=1S/C13H15ClN2/c14-12-7-4-8-13-15-11(9-16(12)13)10-5-2-1-3-6-10/h4,7-10H,1-3,5-6H2. The average molecular weight is 235 g/mol. The van der Waals surface area contributed by atoms with Crippen LogP contribution in [0, 0.1) is 0 Å². The highest BCUT2D eigenvalue weighted by Crippen LogP contribution is 2.32. The van der Waals surface area contributed by atoms with Gasteiger partial charge in [-0.05, 0) is 25.0 Å². The van der Waals surface area contributed by atoms with Gasteiger partial charge in [-0.2, -0.15) is 0 Å². The minimum atomic E-state index is 0.643. The van der Waals surface area contributed by atoms with E-state index in [1.54, 1.807) is 0 Å². The average Bonchev–Trinajstić information content (AvgIpc) is 2.76. The molecule has 84 valence electrons. The van der Waals surface area contributed by atoms with E-state index in [-0.39, 0.29) is 0 Å². The Kier molecular flexibility index (Phi) is 2.60. The van der Waals surface area contributed by atoms with Crippen molar-refractivity contribution in [3.8, 4) is 0 Å². The quantitative estimate of drug-likeness (QED) is 0.681. The maximum Gasteiger partial charge on any atom is 0.138 e. The fraction of sp³-hybridized carbons (Fsp3) is 0.462. The number of fused-ring (bicyclic) bond motifs is 1. The van der Waals surface area contributed by atoms with E-state index in [1.165, 1.54) is 37.8 Å². The largest absolute Gasteiger partial charge is 0.290 e. The Bertz CT molecular complexity index is 498. The molecule has 0 radical (unpaired) electrons. The lowest BCUT2D eigenvalue weighted by molar-refractivity contribution is 0.438. The minimum Gasteiger partial charge on any atom is -0.290 e. The fourth-order valence-electron chi connectivity index (χ4n) is 2.59. The number of halogens is 1. The number of imidazole rings is 1. The van der Waals surface area contributed by atoms with E-state index in [1.807, 2.05) is 22.6 Å². The summed E-state index contributed by atoms with van der Waals surface area (Å²) in [6.07, 6.45) is 8.72. The van der Waals surface area contributed by atoms with Crippen LogP contribution in [-0.4, -0.2) is 9.38 Å². The molecule has 1 saturated carbocycles. The highest BCUT2D eigenvalue weighted by Gasteiger charge is 2.18. The van der Waals surface area contributed by atoms with Gasteiger partial charge in [0.2, 0.25) is 0 Å². The minimum absolute atomic E-state index is 0.643. The molecular weight excluding hydrogens is 220 g/mol. The molecule has 16 heavy (non-hydrogen) atoms. The predicted molar refractivity (Wildman–Crippen MR) is 66.0 cm³/mol. The zero-order valence-electron chi connectivity index (χ0n) is 9.19. The molecule has 0 unspecified atom stereocenters. The molecule has 0 saturated heterocycles. The van der Waals surface area contributed by atoms with Crippen LogP contribution in [0.15, 0.2) is 24.4 Å². The van der Waals surface area contributed by atoms with Crippen LogP contribution in [0.5, 0.6) is 0 Å². The molecule has 3 rings (SSSR count). The number of pyridine rings is 1. The zero-order chi connectivity index (χ0) is 11.0. The Morgan fingerprint density at radius 2 is 2.00 bits per heavy atom. The van der Waals surface area contributed by atoms with Gasteiger partial charge in [-0.1, -0.05) is 36.9 Å². The Labute approximate surface area is 100 Å². The van der Waals surface area contributed by atoms with Gasteiger partial charge in [0.1, 0.15) is 10.8 Å². The molecule has 0 atom stereocenters. The second kappa shape index (κ2) is 4.10. The van der Waals surface area contributed by atoms with E-state index >= 15 is 0 Å². The molecule has 0 N–H and O–H groups in total. The molecular formula is C13H15ClN2. The number of rotatable bonds is 1. The summed E-state index contributed by atoms with van der Waals surface area (Å²) in [6.45, 7) is 0. The highest BCUT2D eigenvalue weighted by molar-refractivity contribution is 6.29. The van der Waals surface area contributed by atoms with Gasteiger partial charge in [-0.15, -0.1) is 0 Å². The summed E-state index contributed by atoms with van der Waals surface area (Å²) in [5, 5.41) is 0.743. The van der Waals surface area contributed by atoms with E-state index in [2.05, 4.69) is 11.2 Å². The van der Waals surface area contributed by atoms with Crippen molar-refractivity contribution in [3.63, 3.8) is 0 Å². The molecule has 1 fully saturated rings. The van der Waals surface area contributed by atoms with Crippen molar-refractivity contribution in [1.29, 1.82) is 0 Å². The number of hydrogen-bond donors (Lipinski definition) is 0. The van der Waals surface area contributed by atoms with Crippen LogP contribution >= 0.6 is 11.6 Å². The summed E-state index contributed by atoms with van der Waals surface area (Å²) in [5.74, 6) is 0.643. The lowest BCUT2D eigenvalue weighted by atomic mass is 9.87. The van der Waals surface area contributed by atoms with Gasteiger partial charge in [0, 0.05) is 12.1 Å². The molecule has 2 aromatic rings. The van der Waals surface area contributed by atoms with E-state index in [9.17, 15) is 0 Å². The summed E-state index contributed by atoms with van der Waals surface area (Å²) in [6, 6.07) is 5.87. The second-order valence-corrected chi connectivity index (χ2v) is 4.96. The molecule has 2 heterocycles. The number of hydrogen-bond acceptors (Lipinski definition) is 1. The van der Waals surface area contributed by atoms with Gasteiger partial charge in [0.05, 0.1) is 5.69 Å². The topological polar surface area (TPSA) is 17.3 Å². The van der Waals surface area contributed by atoms with Gasteiger partial charge in [0.25, 0.3) is 0 Å². The van der Waals surface area contributed by atoms with Crippen molar-refractivity contribution < 1.29 is 0 Å². The maximum absolute atomic E-state index is 6.13. The first-order valence-corrected chi connectivity index (χ1v) is 6.36. The summed E-state index contributed by atoms with van der Waals surface area (Å²) < 4.78 is 1.98. The van der Waals surface area contributed by atoms with Crippen LogP contribution in [0.1, 0.15) is 43.7 Å². The molecule has 0 bridgehead atoms. The summed E-state index contributed by atoms with van der Waals surface area (Å²) in [7, 11) is 0. The smallest absolute Gasteiger partial charge is 0.138 e. The molecule has 3 heteroatoms. The van der Waals surface area contributed by atoms with Crippen LogP contribution < -0.4 is 0 Å². The maximum atomic E-state index is 6.13. The van der Waals surface area contributed by atoms with Crippen LogP contribution in [0.4, 0.5) is 0 Å². The van der Waals surface area contributed by atoms with E-state index < -0.39 is 0 Å². The normalized spacial score (nSPS) is 18.1. The van der Waals surface area contributed by atoms with Crippen molar-refractivity contribution in [2.24, 2.45) is 0 Å². The van der Waals surface area contributed by atoms with Crippen molar-refractivity contribution in [1.82, 2.24) is 9.38 Å². The van der Waals surface area contributed by atoms with Crippen molar-refractivity contribution in [2.45, 2.75) is 38.0 Å². The third-order valence-electron chi connectivity index (χ3n) is 3.48. The van der Waals surface area contributed by atoms with Gasteiger partial charge in [0.15, 0.2) is 0 Å². The summed E-state index contributed by atoms with van der Waals surface area (Å²) >= 11 is 6.13. The summed E-state index contributed by atoms with van der Waals surface area (Å²) in [4.78, 5) is 4.68. The number of nitrogens with zero attached hydrogens (tertiary/aromatic N) is 2. The van der Waals surface area contributed by atoms with Gasteiger partial charge >= 0.3 is 0 Å². The van der Waals surface area contributed by atoms with Crippen LogP contribution in [0.25, 0.3) is 5.65 Å². The van der Waals surface area contributed by atoms with Gasteiger partial charge in [-0.3, -0.25) is 4.40 Å². The van der Waals surface area contributed by atoms with Gasteiger partial charge in [-0.25, -0.2) is 4.98 Å². The Hall–Kier alpha value is -1.02. The monoisotopic (exact) mass is 234 g/mol. The summed E-state index contributed by atoms with van der Waals surface area (Å²) in [5.41, 5.74) is 2.18. The first-order valence-electron chi connectivity index (χ1n) is 5.98. The molecule has 0 aliphatic heterocycles. The Balaban J connectivity index is 2.01. The van der Waals surface area contributed by atoms with Crippen LogP contribution in [-0.2, 0) is 0 Å². The molecule has 0 spiro atoms. The lowest BCUT2D eigenvalue weighted by Crippen LogP contribution is -2.04.